The largest absolute Gasteiger partial charge is 0.372 e. The van der Waals surface area contributed by atoms with Gasteiger partial charge in [0.2, 0.25) is 5.91 Å². The van der Waals surface area contributed by atoms with Gasteiger partial charge in [-0.25, -0.2) is 4.39 Å². The fourth-order valence-electron chi connectivity index (χ4n) is 2.34. The maximum absolute atomic E-state index is 13.0. The Morgan fingerprint density at radius 2 is 1.75 bits per heavy atom. The number of ether oxygens (including phenoxy) is 1. The molecule has 4 nitrogen and oxygen atoms in total. The Labute approximate surface area is 142 Å². The summed E-state index contributed by atoms with van der Waals surface area (Å²) in [5, 5.41) is 2.79. The average Bonchev–Trinajstić information content (AvgIpc) is 2.60. The van der Waals surface area contributed by atoms with Crippen LogP contribution in [0.3, 0.4) is 0 Å². The first kappa shape index (κ1) is 17.9. The van der Waals surface area contributed by atoms with E-state index in [9.17, 15) is 9.18 Å². The first-order valence-electron chi connectivity index (χ1n) is 8.09. The third kappa shape index (κ3) is 5.35. The van der Waals surface area contributed by atoms with Crippen LogP contribution >= 0.6 is 0 Å². The molecule has 24 heavy (non-hydrogen) atoms. The highest BCUT2D eigenvalue weighted by molar-refractivity contribution is 5.91. The van der Waals surface area contributed by atoms with Crippen molar-refractivity contribution in [2.24, 2.45) is 0 Å². The molecular formula is C19H23FN2O2. The van der Waals surface area contributed by atoms with Crippen molar-refractivity contribution < 1.29 is 13.9 Å². The van der Waals surface area contributed by atoms with Crippen LogP contribution < -0.4 is 10.2 Å². The molecule has 0 aliphatic carbocycles. The van der Waals surface area contributed by atoms with E-state index in [-0.39, 0.29) is 18.3 Å². The Balaban J connectivity index is 1.99. The number of carbonyl (C=O) groups excluding carboxylic acids is 1. The van der Waals surface area contributed by atoms with E-state index >= 15 is 0 Å². The second-order valence-electron chi connectivity index (χ2n) is 5.37. The number of nitrogens with one attached hydrogen (secondary N) is 1. The number of amides is 1. The zero-order chi connectivity index (χ0) is 17.4. The van der Waals surface area contributed by atoms with Gasteiger partial charge in [0.25, 0.3) is 0 Å². The highest BCUT2D eigenvalue weighted by Crippen LogP contribution is 2.20. The van der Waals surface area contributed by atoms with E-state index in [0.29, 0.717) is 13.2 Å². The van der Waals surface area contributed by atoms with Crippen LogP contribution in [0.4, 0.5) is 15.8 Å². The van der Waals surface area contributed by atoms with Gasteiger partial charge in [0, 0.05) is 31.1 Å². The van der Waals surface area contributed by atoms with Gasteiger partial charge in [-0.05, 0) is 55.8 Å². The van der Waals surface area contributed by atoms with E-state index in [1.54, 1.807) is 12.1 Å². The molecule has 0 aliphatic rings. The van der Waals surface area contributed by atoms with Crippen LogP contribution in [0, 0.1) is 5.82 Å². The van der Waals surface area contributed by atoms with Crippen molar-refractivity contribution in [2.75, 3.05) is 30.0 Å². The van der Waals surface area contributed by atoms with Crippen LogP contribution in [-0.2, 0) is 16.1 Å². The number of anilines is 2. The first-order chi connectivity index (χ1) is 11.6. The molecule has 0 bridgehead atoms. The molecule has 0 fully saturated rings. The molecule has 0 saturated heterocycles. The SMILES string of the molecule is CCOCC(=O)Nc1ccc(N(CC)Cc2ccc(F)cc2)cc1. The van der Waals surface area contributed by atoms with Crippen molar-refractivity contribution in [1.82, 2.24) is 0 Å². The van der Waals surface area contributed by atoms with Crippen molar-refractivity contribution in [3.05, 3.63) is 59.9 Å². The predicted octanol–water partition coefficient (Wildman–Crippen LogP) is 3.83. The number of rotatable bonds is 8. The van der Waals surface area contributed by atoms with Crippen LogP contribution in [0.1, 0.15) is 19.4 Å². The van der Waals surface area contributed by atoms with Crippen LogP contribution in [0.5, 0.6) is 0 Å². The van der Waals surface area contributed by atoms with E-state index < -0.39 is 0 Å². The molecule has 0 heterocycles. The van der Waals surface area contributed by atoms with Gasteiger partial charge in [-0.3, -0.25) is 4.79 Å². The molecule has 1 amide bonds. The number of hydrogen-bond acceptors (Lipinski definition) is 3. The molecule has 5 heteroatoms. The molecule has 2 rings (SSSR count). The van der Waals surface area contributed by atoms with Gasteiger partial charge in [0.1, 0.15) is 12.4 Å². The normalized spacial score (nSPS) is 10.5. The standard InChI is InChI=1S/C19H23FN2O2/c1-3-22(13-15-5-7-16(20)8-6-15)18-11-9-17(10-12-18)21-19(23)14-24-4-2/h5-12H,3-4,13-14H2,1-2H3,(H,21,23). The molecule has 1 N–H and O–H groups in total. The zero-order valence-electron chi connectivity index (χ0n) is 14.1. The Hall–Kier alpha value is -2.40. The lowest BCUT2D eigenvalue weighted by Gasteiger charge is -2.23. The van der Waals surface area contributed by atoms with Gasteiger partial charge < -0.3 is 15.0 Å². The summed E-state index contributed by atoms with van der Waals surface area (Å²) in [4.78, 5) is 13.8. The van der Waals surface area contributed by atoms with E-state index in [1.807, 2.05) is 31.2 Å². The quantitative estimate of drug-likeness (QED) is 0.800. The van der Waals surface area contributed by atoms with Crippen molar-refractivity contribution in [3.8, 4) is 0 Å². The molecule has 0 aliphatic heterocycles. The summed E-state index contributed by atoms with van der Waals surface area (Å²) < 4.78 is 18.1. The first-order valence-corrected chi connectivity index (χ1v) is 8.09. The van der Waals surface area contributed by atoms with Gasteiger partial charge in [-0.15, -0.1) is 0 Å². The minimum absolute atomic E-state index is 0.0594. The highest BCUT2D eigenvalue weighted by atomic mass is 19.1. The van der Waals surface area contributed by atoms with Gasteiger partial charge in [0.15, 0.2) is 0 Å². The molecule has 0 spiro atoms. The number of benzene rings is 2. The Morgan fingerprint density at radius 1 is 1.08 bits per heavy atom. The Bertz CT molecular complexity index is 641. The lowest BCUT2D eigenvalue weighted by atomic mass is 10.2. The molecule has 0 aromatic heterocycles. The molecule has 2 aromatic rings. The molecule has 0 unspecified atom stereocenters. The van der Waals surface area contributed by atoms with Gasteiger partial charge in [-0.1, -0.05) is 12.1 Å². The molecule has 0 saturated carbocycles. The van der Waals surface area contributed by atoms with Crippen LogP contribution in [-0.4, -0.2) is 25.7 Å². The van der Waals surface area contributed by atoms with Crippen molar-refractivity contribution in [1.29, 1.82) is 0 Å². The second-order valence-corrected chi connectivity index (χ2v) is 5.37. The van der Waals surface area contributed by atoms with Crippen LogP contribution in [0.2, 0.25) is 0 Å². The van der Waals surface area contributed by atoms with E-state index in [2.05, 4.69) is 17.1 Å². The maximum Gasteiger partial charge on any atom is 0.250 e. The molecule has 2 aromatic carbocycles. The third-order valence-corrected chi connectivity index (χ3v) is 3.62. The second kappa shape index (κ2) is 9.03. The lowest BCUT2D eigenvalue weighted by molar-refractivity contribution is -0.120. The average molecular weight is 330 g/mol. The van der Waals surface area contributed by atoms with E-state index in [1.165, 1.54) is 12.1 Å². The van der Waals surface area contributed by atoms with Crippen LogP contribution in [0.15, 0.2) is 48.5 Å². The smallest absolute Gasteiger partial charge is 0.250 e. The molecule has 0 radical (unpaired) electrons. The summed E-state index contributed by atoms with van der Waals surface area (Å²) in [5.74, 6) is -0.391. The molecule has 0 atom stereocenters. The topological polar surface area (TPSA) is 41.6 Å². The summed E-state index contributed by atoms with van der Waals surface area (Å²) in [7, 11) is 0. The molecule has 128 valence electrons. The fourth-order valence-corrected chi connectivity index (χ4v) is 2.34. The van der Waals surface area contributed by atoms with Gasteiger partial charge in [0.05, 0.1) is 0 Å². The van der Waals surface area contributed by atoms with Crippen LogP contribution in [0.25, 0.3) is 0 Å². The molecular weight excluding hydrogens is 307 g/mol. The minimum Gasteiger partial charge on any atom is -0.372 e. The Morgan fingerprint density at radius 3 is 2.33 bits per heavy atom. The predicted molar refractivity (Wildman–Crippen MR) is 94.7 cm³/mol. The van der Waals surface area contributed by atoms with Gasteiger partial charge in [-0.2, -0.15) is 0 Å². The number of nitrogens with zero attached hydrogens (tertiary/aromatic N) is 1. The summed E-state index contributed by atoms with van der Waals surface area (Å²) in [6.45, 7) is 6.02. The minimum atomic E-state index is -0.228. The number of halogens is 1. The van der Waals surface area contributed by atoms with Crippen molar-refractivity contribution >= 4 is 17.3 Å². The number of hydrogen-bond donors (Lipinski definition) is 1. The summed E-state index contributed by atoms with van der Waals surface area (Å²) in [6, 6.07) is 14.2. The highest BCUT2D eigenvalue weighted by Gasteiger charge is 2.07. The zero-order valence-corrected chi connectivity index (χ0v) is 14.1. The third-order valence-electron chi connectivity index (χ3n) is 3.62. The Kier molecular flexibility index (Phi) is 6.75. The maximum atomic E-state index is 13.0. The van der Waals surface area contributed by atoms with Crippen molar-refractivity contribution in [2.45, 2.75) is 20.4 Å². The van der Waals surface area contributed by atoms with E-state index in [0.717, 1.165) is 23.5 Å². The summed E-state index contributed by atoms with van der Waals surface area (Å²) in [5.41, 5.74) is 2.83. The lowest BCUT2D eigenvalue weighted by Crippen LogP contribution is -2.22. The summed E-state index contributed by atoms with van der Waals surface area (Å²) >= 11 is 0. The summed E-state index contributed by atoms with van der Waals surface area (Å²) in [6.07, 6.45) is 0. The van der Waals surface area contributed by atoms with Crippen molar-refractivity contribution in [3.63, 3.8) is 0 Å². The fraction of sp³-hybridized carbons (Fsp3) is 0.316. The van der Waals surface area contributed by atoms with Gasteiger partial charge >= 0.3 is 0 Å². The van der Waals surface area contributed by atoms with E-state index in [4.69, 9.17) is 4.74 Å². The monoisotopic (exact) mass is 330 g/mol. The number of carbonyl (C=O) groups is 1.